The van der Waals surface area contributed by atoms with Crippen molar-refractivity contribution in [1.29, 1.82) is 0 Å². The van der Waals surface area contributed by atoms with Gasteiger partial charge in [-0.25, -0.2) is 13.4 Å². The number of hydrogen-bond acceptors (Lipinski definition) is 9. The summed E-state index contributed by atoms with van der Waals surface area (Å²) in [6, 6.07) is 2.33. The van der Waals surface area contributed by atoms with Crippen LogP contribution in [0.4, 0.5) is 20.2 Å². The first-order valence-corrected chi connectivity index (χ1v) is 13.6. The molecule has 0 radical (unpaired) electrons. The second-order valence-electron chi connectivity index (χ2n) is 11.3. The molecule has 2 atom stereocenters. The molecule has 1 aliphatic carbocycles. The molecule has 2 fully saturated rings. The highest BCUT2D eigenvalue weighted by Crippen LogP contribution is 2.61. The molecular weight excluding hydrogens is 554 g/mol. The van der Waals surface area contributed by atoms with Crippen LogP contribution in [0.3, 0.4) is 0 Å². The van der Waals surface area contributed by atoms with Gasteiger partial charge >= 0.3 is 0 Å². The number of carbonyl (C=O) groups excluding carboxylic acids is 3. The minimum absolute atomic E-state index is 0.103. The number of rotatable bonds is 5. The maximum Gasteiger partial charge on any atom is 0.276 e. The molecule has 3 N–H and O–H groups in total. The molecule has 5 heterocycles. The first kappa shape index (κ1) is 26.4. The van der Waals surface area contributed by atoms with Gasteiger partial charge in [0.2, 0.25) is 11.8 Å². The predicted octanol–water partition coefficient (Wildman–Crippen LogP) is 2.75. The second kappa shape index (κ2) is 9.54. The Bertz CT molecular complexity index is 1630. The molecule has 42 heavy (non-hydrogen) atoms. The molecule has 1 saturated carbocycles. The summed E-state index contributed by atoms with van der Waals surface area (Å²) in [5.74, 6) is -4.34. The van der Waals surface area contributed by atoms with Crippen LogP contribution < -0.4 is 20.7 Å². The number of aryl methyl sites for hydroxylation is 1. The van der Waals surface area contributed by atoms with Crippen molar-refractivity contribution in [3.8, 4) is 5.75 Å². The summed E-state index contributed by atoms with van der Waals surface area (Å²) in [7, 11) is 0. The number of anilines is 2. The normalized spacial score (nSPS) is 21.6. The van der Waals surface area contributed by atoms with Crippen molar-refractivity contribution in [1.82, 2.24) is 20.6 Å². The summed E-state index contributed by atoms with van der Waals surface area (Å²) in [5.41, 5.74) is 0.381. The Kier molecular flexibility index (Phi) is 6.01. The molecule has 218 valence electrons. The van der Waals surface area contributed by atoms with E-state index in [2.05, 4.69) is 35.9 Å². The van der Waals surface area contributed by atoms with E-state index < -0.39 is 46.2 Å². The smallest absolute Gasteiger partial charge is 0.276 e. The Balaban J connectivity index is 1.24. The zero-order chi connectivity index (χ0) is 29.2. The molecule has 1 unspecified atom stereocenters. The Hall–Kier alpha value is -4.46. The lowest BCUT2D eigenvalue weighted by Crippen LogP contribution is -2.52. The summed E-state index contributed by atoms with van der Waals surface area (Å²) in [5, 5.41) is 15.7. The number of pyridine rings is 1. The van der Waals surface area contributed by atoms with E-state index in [0.717, 1.165) is 12.1 Å². The standard InChI is InChI=1S/C28H26F2N6O6/c1-13-21(36-42-35-13)24(37)34-22(20-15-9-16(29)17(30)10-19(15)41-12-27(20)2-3-27)25(38)32-14-8-18-23(31-11-14)28(26(39)33-18)4-6-40-7-5-28/h8-11,20,22H,2-7,12H2,1H3,(H,32,38)(H,33,39)(H,34,37)/t20?,22-/m0/s1. The highest BCUT2D eigenvalue weighted by molar-refractivity contribution is 6.07. The molecule has 4 aliphatic rings. The molecule has 0 bridgehead atoms. The number of benzene rings is 1. The van der Waals surface area contributed by atoms with Crippen molar-refractivity contribution in [3.63, 3.8) is 0 Å². The second-order valence-corrected chi connectivity index (χ2v) is 11.3. The third kappa shape index (κ3) is 4.11. The van der Waals surface area contributed by atoms with E-state index >= 15 is 0 Å². The van der Waals surface area contributed by atoms with Crippen LogP contribution in [0.25, 0.3) is 0 Å². The van der Waals surface area contributed by atoms with Gasteiger partial charge in [0.15, 0.2) is 17.3 Å². The number of nitrogens with zero attached hydrogens (tertiary/aromatic N) is 3. The van der Waals surface area contributed by atoms with Gasteiger partial charge in [-0.05, 0) is 49.9 Å². The van der Waals surface area contributed by atoms with Gasteiger partial charge in [0.05, 0.1) is 35.3 Å². The molecule has 3 aromatic rings. The largest absolute Gasteiger partial charge is 0.493 e. The average Bonchev–Trinajstić information content (AvgIpc) is 3.53. The predicted molar refractivity (Wildman–Crippen MR) is 140 cm³/mol. The topological polar surface area (TPSA) is 158 Å². The van der Waals surface area contributed by atoms with Gasteiger partial charge in [0.1, 0.15) is 17.5 Å². The molecule has 1 saturated heterocycles. The van der Waals surface area contributed by atoms with Crippen molar-refractivity contribution >= 4 is 29.1 Å². The van der Waals surface area contributed by atoms with Crippen LogP contribution in [0, 0.1) is 24.0 Å². The van der Waals surface area contributed by atoms with Crippen molar-refractivity contribution in [2.75, 3.05) is 30.5 Å². The van der Waals surface area contributed by atoms with E-state index in [1.807, 2.05) is 0 Å². The van der Waals surface area contributed by atoms with E-state index in [1.54, 1.807) is 6.07 Å². The number of ether oxygens (including phenoxy) is 2. The SMILES string of the molecule is Cc1nonc1C(=O)N[C@H](C(=O)Nc1cnc2c(c1)NC(=O)C21CCOCC1)C1c2cc(F)c(F)cc2OCC12CC2. The van der Waals surface area contributed by atoms with Crippen molar-refractivity contribution in [2.24, 2.45) is 5.41 Å². The highest BCUT2D eigenvalue weighted by Gasteiger charge is 2.58. The molecule has 1 aromatic carbocycles. The lowest BCUT2D eigenvalue weighted by molar-refractivity contribution is -0.124. The Labute approximate surface area is 237 Å². The summed E-state index contributed by atoms with van der Waals surface area (Å²) >= 11 is 0. The maximum absolute atomic E-state index is 14.5. The molecular formula is C28H26F2N6O6. The van der Waals surface area contributed by atoms with Gasteiger partial charge in [-0.1, -0.05) is 5.16 Å². The quantitative estimate of drug-likeness (QED) is 0.413. The first-order valence-electron chi connectivity index (χ1n) is 13.6. The van der Waals surface area contributed by atoms with Crippen molar-refractivity contribution < 1.29 is 37.3 Å². The van der Waals surface area contributed by atoms with Crippen LogP contribution in [0.2, 0.25) is 0 Å². The number of hydrogen-bond donors (Lipinski definition) is 3. The number of carbonyl (C=O) groups is 3. The minimum atomic E-state index is -1.26. The fourth-order valence-electron chi connectivity index (χ4n) is 6.41. The van der Waals surface area contributed by atoms with Gasteiger partial charge in [0, 0.05) is 36.2 Å². The summed E-state index contributed by atoms with van der Waals surface area (Å²) in [6.07, 6.45) is 3.75. The van der Waals surface area contributed by atoms with E-state index in [0.29, 0.717) is 50.3 Å². The zero-order valence-electron chi connectivity index (χ0n) is 22.5. The lowest BCUT2D eigenvalue weighted by Gasteiger charge is -2.38. The Morgan fingerprint density at radius 3 is 2.57 bits per heavy atom. The van der Waals surface area contributed by atoms with Gasteiger partial charge in [-0.3, -0.25) is 19.4 Å². The van der Waals surface area contributed by atoms with Gasteiger partial charge < -0.3 is 25.4 Å². The highest BCUT2D eigenvalue weighted by atomic mass is 19.2. The molecule has 2 spiro atoms. The van der Waals surface area contributed by atoms with E-state index in [4.69, 9.17) is 9.47 Å². The van der Waals surface area contributed by atoms with E-state index in [9.17, 15) is 23.2 Å². The number of aromatic nitrogens is 3. The zero-order valence-corrected chi connectivity index (χ0v) is 22.5. The average molecular weight is 581 g/mol. The minimum Gasteiger partial charge on any atom is -0.493 e. The molecule has 12 nitrogen and oxygen atoms in total. The van der Waals surface area contributed by atoms with Gasteiger partial charge in [0.25, 0.3) is 5.91 Å². The Morgan fingerprint density at radius 2 is 1.86 bits per heavy atom. The maximum atomic E-state index is 14.5. The summed E-state index contributed by atoms with van der Waals surface area (Å²) in [4.78, 5) is 44.8. The van der Waals surface area contributed by atoms with Crippen molar-refractivity contribution in [3.05, 3.63) is 58.7 Å². The number of fused-ring (bicyclic) bond motifs is 3. The van der Waals surface area contributed by atoms with E-state index in [-0.39, 0.29) is 40.9 Å². The number of nitrogens with one attached hydrogen (secondary N) is 3. The fraction of sp³-hybridized carbons (Fsp3) is 0.429. The Morgan fingerprint density at radius 1 is 1.10 bits per heavy atom. The van der Waals surface area contributed by atoms with Crippen LogP contribution >= 0.6 is 0 Å². The molecule has 3 amide bonds. The van der Waals surface area contributed by atoms with Crippen LogP contribution in [-0.4, -0.2) is 58.9 Å². The van der Waals surface area contributed by atoms with Gasteiger partial charge in [-0.15, -0.1) is 0 Å². The summed E-state index contributed by atoms with van der Waals surface area (Å²) in [6.45, 7) is 2.57. The third-order valence-corrected chi connectivity index (χ3v) is 8.86. The monoisotopic (exact) mass is 580 g/mol. The van der Waals surface area contributed by atoms with E-state index in [1.165, 1.54) is 13.1 Å². The van der Waals surface area contributed by atoms with Crippen molar-refractivity contribution in [2.45, 2.75) is 50.0 Å². The molecule has 2 aromatic heterocycles. The van der Waals surface area contributed by atoms with Crippen LogP contribution in [0.1, 0.15) is 59.0 Å². The first-order chi connectivity index (χ1) is 20.2. The van der Waals surface area contributed by atoms with Crippen LogP contribution in [0.5, 0.6) is 5.75 Å². The molecule has 14 heteroatoms. The van der Waals surface area contributed by atoms with Crippen LogP contribution in [-0.2, 0) is 19.7 Å². The third-order valence-electron chi connectivity index (χ3n) is 8.86. The number of amides is 3. The van der Waals surface area contributed by atoms with Crippen LogP contribution in [0.15, 0.2) is 29.0 Å². The summed E-state index contributed by atoms with van der Waals surface area (Å²) < 4.78 is 44.5. The van der Waals surface area contributed by atoms with Gasteiger partial charge in [-0.2, -0.15) is 0 Å². The molecule has 7 rings (SSSR count). The number of halogens is 2. The fourth-order valence-corrected chi connectivity index (χ4v) is 6.41. The molecule has 3 aliphatic heterocycles. The lowest BCUT2D eigenvalue weighted by atomic mass is 9.75.